The molecule has 10 nitrogen and oxygen atoms in total. The zero-order chi connectivity index (χ0) is 28.1. The average molecular weight is 562 g/mol. The van der Waals surface area contributed by atoms with E-state index in [1.54, 1.807) is 18.1 Å². The molecule has 0 radical (unpaired) electrons. The van der Waals surface area contributed by atoms with Crippen LogP contribution in [0.1, 0.15) is 48.2 Å². The number of methoxy groups -OCH3 is 1. The summed E-state index contributed by atoms with van der Waals surface area (Å²) in [5.74, 6) is -2.61. The van der Waals surface area contributed by atoms with E-state index >= 15 is 0 Å². The van der Waals surface area contributed by atoms with Gasteiger partial charge < -0.3 is 19.8 Å². The highest BCUT2D eigenvalue weighted by atomic mass is 32.1. The van der Waals surface area contributed by atoms with Crippen molar-refractivity contribution in [3.8, 4) is 0 Å². The second-order valence-corrected chi connectivity index (χ2v) is 11.0. The molecule has 1 aliphatic carbocycles. The molecule has 2 fully saturated rings. The zero-order valence-corrected chi connectivity index (χ0v) is 22.5. The number of ether oxygens (including phenoxy) is 1. The number of aliphatic hydroxyl groups is 2. The fourth-order valence-corrected chi connectivity index (χ4v) is 6.71. The van der Waals surface area contributed by atoms with Crippen molar-refractivity contribution in [1.29, 1.82) is 0 Å². The molecule has 1 aromatic heterocycles. The fraction of sp³-hybridized carbons (Fsp3) is 0.462. The molecular weight excluding hydrogens is 532 g/mol. The molecule has 3 atom stereocenters. The van der Waals surface area contributed by atoms with E-state index in [2.05, 4.69) is 10.2 Å². The number of fused-ring (bicyclic) bond motifs is 1. The number of aromatic nitrogens is 2. The first-order valence-corrected chi connectivity index (χ1v) is 13.4. The van der Waals surface area contributed by atoms with Gasteiger partial charge in [-0.1, -0.05) is 17.4 Å². The van der Waals surface area contributed by atoms with Gasteiger partial charge in [0, 0.05) is 44.3 Å². The van der Waals surface area contributed by atoms with Crippen molar-refractivity contribution in [2.45, 2.75) is 50.8 Å². The van der Waals surface area contributed by atoms with Crippen LogP contribution >= 0.6 is 11.3 Å². The smallest absolute Gasteiger partial charge is 0.305 e. The van der Waals surface area contributed by atoms with E-state index < -0.39 is 35.1 Å². The minimum Gasteiger partial charge on any atom is -0.507 e. The predicted molar refractivity (Wildman–Crippen MR) is 136 cm³/mol. The topological polar surface area (TPSA) is 119 Å². The summed E-state index contributed by atoms with van der Waals surface area (Å²) >= 11 is 1.10. The van der Waals surface area contributed by atoms with Crippen LogP contribution in [-0.2, 0) is 20.7 Å². The van der Waals surface area contributed by atoms with Gasteiger partial charge in [0.25, 0.3) is 5.91 Å². The van der Waals surface area contributed by atoms with E-state index in [4.69, 9.17) is 4.74 Å². The van der Waals surface area contributed by atoms with E-state index in [1.165, 1.54) is 18.2 Å². The number of hydrogen-bond acceptors (Lipinski definition) is 10. The maximum atomic E-state index is 14.2. The third-order valence-corrected chi connectivity index (χ3v) is 8.77. The second kappa shape index (κ2) is 10.3. The van der Waals surface area contributed by atoms with Gasteiger partial charge in [-0.05, 0) is 43.7 Å². The van der Waals surface area contributed by atoms with Gasteiger partial charge >= 0.3 is 5.97 Å². The molecule has 1 amide bonds. The van der Waals surface area contributed by atoms with Gasteiger partial charge in [-0.25, -0.2) is 8.78 Å². The largest absolute Gasteiger partial charge is 0.507 e. The van der Waals surface area contributed by atoms with E-state index in [0.29, 0.717) is 30.8 Å². The highest BCUT2D eigenvalue weighted by Gasteiger charge is 2.56. The molecule has 1 aromatic carbocycles. The number of carbonyl (C=O) groups excluding carboxylic acids is 2. The van der Waals surface area contributed by atoms with E-state index in [1.807, 2.05) is 11.9 Å². The van der Waals surface area contributed by atoms with Gasteiger partial charge in [0.15, 0.2) is 11.5 Å². The highest BCUT2D eigenvalue weighted by Crippen LogP contribution is 2.48. The van der Waals surface area contributed by atoms with Crippen LogP contribution in [-0.4, -0.2) is 79.7 Å². The van der Waals surface area contributed by atoms with Gasteiger partial charge in [-0.15, -0.1) is 10.2 Å². The summed E-state index contributed by atoms with van der Waals surface area (Å²) in [6.45, 7) is 2.22. The second-order valence-electron chi connectivity index (χ2n) is 9.92. The number of aliphatic hydroxyl groups excluding tert-OH is 2. The molecule has 3 unspecified atom stereocenters. The quantitative estimate of drug-likeness (QED) is 0.513. The lowest BCUT2D eigenvalue weighted by atomic mass is 9.96. The number of amides is 1. The van der Waals surface area contributed by atoms with Crippen molar-refractivity contribution >= 4 is 28.8 Å². The van der Waals surface area contributed by atoms with Crippen LogP contribution < -0.4 is 0 Å². The Morgan fingerprint density at radius 3 is 2.77 bits per heavy atom. The normalized spacial score (nSPS) is 25.4. The molecule has 1 saturated carbocycles. The Hall–Kier alpha value is -3.42. The summed E-state index contributed by atoms with van der Waals surface area (Å²) in [5.41, 5.74) is -0.336. The van der Waals surface area contributed by atoms with Gasteiger partial charge in [-0.2, -0.15) is 5.01 Å². The molecule has 5 rings (SSSR count). The molecule has 3 heterocycles. The van der Waals surface area contributed by atoms with Crippen molar-refractivity contribution in [2.75, 3.05) is 20.7 Å². The van der Waals surface area contributed by atoms with Gasteiger partial charge in [0.2, 0.25) is 0 Å². The molecule has 2 aliphatic heterocycles. The van der Waals surface area contributed by atoms with Gasteiger partial charge in [0.05, 0.1) is 7.11 Å². The SMILES string of the molecule is CCN1C(=O)C2=C(O)C(O)C(c3nnc(Cc4ccc(F)cc4F)s3)=CN2N(C)C12CCC(CC(=O)OC)C2. The van der Waals surface area contributed by atoms with Crippen LogP contribution in [0.4, 0.5) is 8.78 Å². The Labute approximate surface area is 227 Å². The zero-order valence-electron chi connectivity index (χ0n) is 21.7. The number of rotatable bonds is 6. The van der Waals surface area contributed by atoms with Crippen molar-refractivity contribution in [3.05, 3.63) is 63.1 Å². The predicted octanol–water partition coefficient (Wildman–Crippen LogP) is 2.96. The number of esters is 1. The van der Waals surface area contributed by atoms with Crippen LogP contribution in [0.5, 0.6) is 0 Å². The van der Waals surface area contributed by atoms with Crippen molar-refractivity contribution < 1.29 is 33.3 Å². The number of carbonyl (C=O) groups is 2. The fourth-order valence-electron chi connectivity index (χ4n) is 5.81. The summed E-state index contributed by atoms with van der Waals surface area (Å²) in [6, 6.07) is 3.30. The Balaban J connectivity index is 1.46. The van der Waals surface area contributed by atoms with Crippen LogP contribution in [0.25, 0.3) is 5.57 Å². The Morgan fingerprint density at radius 2 is 2.08 bits per heavy atom. The van der Waals surface area contributed by atoms with E-state index in [0.717, 1.165) is 23.5 Å². The lowest BCUT2D eigenvalue weighted by Gasteiger charge is -2.56. The summed E-state index contributed by atoms with van der Waals surface area (Å²) in [5, 5.41) is 34.4. The molecule has 3 aliphatic rings. The highest BCUT2D eigenvalue weighted by molar-refractivity contribution is 7.12. The third-order valence-electron chi connectivity index (χ3n) is 7.80. The van der Waals surface area contributed by atoms with Crippen LogP contribution in [0.3, 0.4) is 0 Å². The number of hydrazine groups is 1. The maximum Gasteiger partial charge on any atom is 0.305 e. The minimum atomic E-state index is -1.53. The number of likely N-dealkylation sites (N-methyl/N-ethyl adjacent to an activating group) is 1. The molecule has 0 bridgehead atoms. The molecule has 1 saturated heterocycles. The van der Waals surface area contributed by atoms with Crippen LogP contribution in [0.2, 0.25) is 0 Å². The summed E-state index contributed by atoms with van der Waals surface area (Å²) in [4.78, 5) is 27.3. The lowest BCUT2D eigenvalue weighted by Crippen LogP contribution is -2.69. The molecule has 39 heavy (non-hydrogen) atoms. The minimum absolute atomic E-state index is 0.0114. The summed E-state index contributed by atoms with van der Waals surface area (Å²) in [6.07, 6.45) is 2.18. The average Bonchev–Trinajstić information content (AvgIpc) is 3.54. The van der Waals surface area contributed by atoms with E-state index in [9.17, 15) is 28.6 Å². The molecule has 1 spiro atoms. The van der Waals surface area contributed by atoms with Crippen molar-refractivity contribution in [3.63, 3.8) is 0 Å². The lowest BCUT2D eigenvalue weighted by molar-refractivity contribution is -0.182. The first-order valence-electron chi connectivity index (χ1n) is 12.6. The number of benzene rings is 1. The molecular formula is C26H29F2N5O5S. The first-order chi connectivity index (χ1) is 18.6. The Morgan fingerprint density at radius 1 is 1.31 bits per heavy atom. The van der Waals surface area contributed by atoms with Crippen molar-refractivity contribution in [2.24, 2.45) is 5.92 Å². The number of halogens is 2. The molecule has 208 valence electrons. The third kappa shape index (κ3) is 4.57. The summed E-state index contributed by atoms with van der Waals surface area (Å²) in [7, 11) is 3.15. The molecule has 13 heteroatoms. The van der Waals surface area contributed by atoms with Crippen LogP contribution in [0.15, 0.2) is 35.9 Å². The monoisotopic (exact) mass is 561 g/mol. The standard InChI is InChI=1S/C26H29F2N5O5S/c1-4-32-25(37)21-23(36)22(35)17(24-30-29-19(39-24)10-15-5-6-16(27)11-18(15)28)13-33(21)31(2)26(32)8-7-14(12-26)9-20(34)38-3/h5-6,11,13-14,22,35-36H,4,7-10,12H2,1-3H3. The van der Waals surface area contributed by atoms with Gasteiger partial charge in [0.1, 0.15) is 33.4 Å². The van der Waals surface area contributed by atoms with E-state index in [-0.39, 0.29) is 46.6 Å². The first kappa shape index (κ1) is 27.2. The van der Waals surface area contributed by atoms with Gasteiger partial charge in [-0.3, -0.25) is 14.6 Å². The Kier molecular flexibility index (Phi) is 7.16. The summed E-state index contributed by atoms with van der Waals surface area (Å²) < 4.78 is 32.3. The Bertz CT molecular complexity index is 1380. The van der Waals surface area contributed by atoms with Crippen LogP contribution in [0, 0.1) is 17.6 Å². The number of hydrogen-bond donors (Lipinski definition) is 2. The number of nitrogens with zero attached hydrogens (tertiary/aromatic N) is 5. The molecule has 2 aromatic rings. The maximum absolute atomic E-state index is 14.2. The molecule has 2 N–H and O–H groups in total. The van der Waals surface area contributed by atoms with Crippen molar-refractivity contribution in [1.82, 2.24) is 25.1 Å².